The van der Waals surface area contributed by atoms with Crippen LogP contribution in [0.4, 0.5) is 5.69 Å². The molecule has 0 N–H and O–H groups in total. The summed E-state index contributed by atoms with van der Waals surface area (Å²) < 4.78 is 119. The van der Waals surface area contributed by atoms with E-state index in [9.17, 15) is 0 Å². The first-order valence-electron chi connectivity index (χ1n) is 11.1. The maximum Gasteiger partial charge on any atom is 0.106 e. The molecule has 3 heteroatoms. The van der Waals surface area contributed by atoms with E-state index in [-0.39, 0.29) is 9.50 Å². The zero-order valence-electron chi connectivity index (χ0n) is 21.8. The molecular weight excluding hydrogens is 240 g/mol. The van der Waals surface area contributed by atoms with Crippen LogP contribution in [0, 0.1) is 5.89 Å². The van der Waals surface area contributed by atoms with Crippen LogP contribution >= 0.6 is 15.9 Å². The third-order valence-electron chi connectivity index (χ3n) is 1.35. The van der Waals surface area contributed by atoms with Gasteiger partial charge in [0.15, 0.2) is 0 Å². The maximum absolute atomic E-state index is 8.27. The number of aromatic nitrogens is 1. The molecule has 2 heterocycles. The van der Waals surface area contributed by atoms with E-state index in [1.165, 1.54) is 0 Å². The summed E-state index contributed by atoms with van der Waals surface area (Å²) >= 11 is 2.80. The molecule has 1 aromatic rings. The minimum atomic E-state index is -3.89. The molecule has 14 heavy (non-hydrogen) atoms. The number of nitrogens with zero attached hydrogens (tertiary/aromatic N) is 2. The second-order valence-electron chi connectivity index (χ2n) is 2.30. The van der Waals surface area contributed by atoms with E-state index in [0.29, 0.717) is 0 Å². The molecule has 1 unspecified atom stereocenters. The smallest absolute Gasteiger partial charge is 0.106 e. The predicted molar refractivity (Wildman–Crippen MR) is 62.5 cm³/mol. The number of pyridine rings is 1. The van der Waals surface area contributed by atoms with Crippen molar-refractivity contribution in [3.05, 3.63) is 22.9 Å². The highest BCUT2D eigenvalue weighted by molar-refractivity contribution is 9.10. The van der Waals surface area contributed by atoms with E-state index < -0.39 is 62.4 Å². The van der Waals surface area contributed by atoms with Gasteiger partial charge in [0.25, 0.3) is 0 Å². The Kier molecular flexibility index (Phi) is 0.736. The molecule has 1 aliphatic rings. The number of hydrogen-bond acceptors (Lipinski definition) is 2. The number of piperidine rings is 1. The average molecular weight is 270 g/mol. The van der Waals surface area contributed by atoms with Crippen LogP contribution in [0.2, 0.25) is 0 Å². The maximum atomic E-state index is 8.27. The topological polar surface area (TPSA) is 16.1 Å². The molecule has 0 bridgehead atoms. The molecule has 2 rings (SSSR count). The largest absolute Gasteiger partial charge is 0.370 e. The molecule has 2 nitrogen and oxygen atoms in total. The van der Waals surface area contributed by atoms with E-state index in [1.807, 2.05) is 0 Å². The molecule has 1 aliphatic heterocycles. The Morgan fingerprint density at radius 2 is 2.79 bits per heavy atom. The first-order chi connectivity index (χ1) is 12.6. The zero-order chi connectivity index (χ0) is 23.2. The Labute approximate surface area is 115 Å². The van der Waals surface area contributed by atoms with Crippen LogP contribution in [0.25, 0.3) is 0 Å². The fraction of sp³-hybridized carbons (Fsp3) is 0.545. The number of anilines is 1. The summed E-state index contributed by atoms with van der Waals surface area (Å²) in [5, 5.41) is 0. The highest BCUT2D eigenvalue weighted by Crippen LogP contribution is 2.22. The Morgan fingerprint density at radius 3 is 3.64 bits per heavy atom. The molecule has 1 fully saturated rings. The third kappa shape index (κ3) is 2.27. The van der Waals surface area contributed by atoms with Crippen molar-refractivity contribution in [1.82, 2.24) is 4.98 Å². The Bertz CT molecular complexity index is 850. The van der Waals surface area contributed by atoms with Crippen molar-refractivity contribution in [2.75, 3.05) is 17.9 Å². The first-order valence-corrected chi connectivity index (χ1v) is 4.35. The summed E-state index contributed by atoms with van der Waals surface area (Å²) in [7, 11) is 0. The van der Waals surface area contributed by atoms with Gasteiger partial charge in [0.2, 0.25) is 0 Å². The number of halogens is 1. The summed E-state index contributed by atoms with van der Waals surface area (Å²) in [6.07, 6.45) is -8.67. The molecule has 0 aromatic carbocycles. The summed E-state index contributed by atoms with van der Waals surface area (Å²) in [4.78, 5) is 3.27. The predicted octanol–water partition coefficient (Wildman–Crippen LogP) is 3.08. The third-order valence-corrected chi connectivity index (χ3v) is 1.72. The molecule has 0 amide bonds. The second kappa shape index (κ2) is 4.30. The minimum Gasteiger partial charge on any atom is -0.370 e. The molecule has 76 valence electrons. The van der Waals surface area contributed by atoms with Crippen LogP contribution < -0.4 is 4.90 Å². The van der Waals surface area contributed by atoms with Gasteiger partial charge in [0, 0.05) is 29.4 Å². The van der Waals surface area contributed by atoms with Crippen molar-refractivity contribution in [2.24, 2.45) is 5.89 Å². The van der Waals surface area contributed by atoms with Gasteiger partial charge in [0.05, 0.1) is 16.0 Å². The monoisotopic (exact) mass is 269 g/mol. The van der Waals surface area contributed by atoms with Gasteiger partial charge < -0.3 is 4.90 Å². The quantitative estimate of drug-likeness (QED) is 0.729. The molecule has 0 spiro atoms. The lowest BCUT2D eigenvalue weighted by Gasteiger charge is -2.32. The van der Waals surface area contributed by atoms with Crippen molar-refractivity contribution < 1.29 is 20.6 Å². The van der Waals surface area contributed by atoms with Crippen molar-refractivity contribution in [3.8, 4) is 0 Å². The number of rotatable bonds is 1. The van der Waals surface area contributed by atoms with Gasteiger partial charge in [-0.2, -0.15) is 0 Å². The van der Waals surface area contributed by atoms with Crippen molar-refractivity contribution in [1.29, 1.82) is 0 Å². The van der Waals surface area contributed by atoms with E-state index in [0.717, 1.165) is 0 Å². The molecule has 0 radical (unpaired) electrons. The molecule has 1 aromatic heterocycles. The molecule has 0 aliphatic carbocycles. The summed E-state index contributed by atoms with van der Waals surface area (Å²) in [6, 6.07) is -1.70. The van der Waals surface area contributed by atoms with Gasteiger partial charge >= 0.3 is 0 Å². The lowest BCUT2D eigenvalue weighted by molar-refractivity contribution is 0.446. The zero-order valence-corrected chi connectivity index (χ0v) is 8.36. The normalized spacial score (nSPS) is 58.6. The van der Waals surface area contributed by atoms with Gasteiger partial charge in [-0.25, -0.2) is 4.98 Å². The van der Waals surface area contributed by atoms with E-state index in [1.54, 1.807) is 0 Å². The molecular formula is C11H15BrN2. The summed E-state index contributed by atoms with van der Waals surface area (Å²) in [5.41, 5.74) is -1.08. The molecule has 1 saturated heterocycles. The summed E-state index contributed by atoms with van der Waals surface area (Å²) in [5.74, 6) is -3.89. The Balaban J connectivity index is 3.07. The first kappa shape index (κ1) is 2.40. The van der Waals surface area contributed by atoms with Crippen molar-refractivity contribution in [2.45, 2.75) is 19.6 Å². The van der Waals surface area contributed by atoms with Gasteiger partial charge in [-0.1, -0.05) is 6.85 Å². The highest BCUT2D eigenvalue weighted by Gasteiger charge is 2.16. The fourth-order valence-corrected chi connectivity index (χ4v) is 0.988. The van der Waals surface area contributed by atoms with Crippen LogP contribution in [0.5, 0.6) is 0 Å². The average Bonchev–Trinajstić information content (AvgIpc) is 2.52. The fourth-order valence-electron chi connectivity index (χ4n) is 0.800. The van der Waals surface area contributed by atoms with Crippen molar-refractivity contribution >= 4 is 21.6 Å². The van der Waals surface area contributed by atoms with Crippen molar-refractivity contribution in [3.63, 3.8) is 0 Å². The van der Waals surface area contributed by atoms with E-state index in [4.69, 9.17) is 20.6 Å². The Hall–Kier alpha value is -0.570. The number of hydrogen-bond donors (Lipinski definition) is 0. The van der Waals surface area contributed by atoms with Gasteiger partial charge in [0.1, 0.15) is 4.60 Å². The lowest BCUT2D eigenvalue weighted by atomic mass is 10.00. The van der Waals surface area contributed by atoms with Crippen LogP contribution in [0.1, 0.15) is 40.2 Å². The van der Waals surface area contributed by atoms with E-state index in [2.05, 4.69) is 20.9 Å². The lowest BCUT2D eigenvalue weighted by Crippen LogP contribution is -2.34. The van der Waals surface area contributed by atoms with Crippen LogP contribution in [0.3, 0.4) is 0 Å². The Morgan fingerprint density at radius 1 is 1.86 bits per heavy atom. The second-order valence-corrected chi connectivity index (χ2v) is 3.05. The van der Waals surface area contributed by atoms with Gasteiger partial charge in [-0.05, 0) is 46.7 Å². The molecule has 1 atom stereocenters. The summed E-state index contributed by atoms with van der Waals surface area (Å²) in [6.45, 7) is -11.3. The van der Waals surface area contributed by atoms with Gasteiger partial charge in [-0.15, -0.1) is 0 Å². The van der Waals surface area contributed by atoms with Crippen LogP contribution in [-0.2, 0) is 0 Å². The highest BCUT2D eigenvalue weighted by atomic mass is 79.9. The van der Waals surface area contributed by atoms with Crippen LogP contribution in [0.15, 0.2) is 22.9 Å². The minimum absolute atomic E-state index is 0.247. The van der Waals surface area contributed by atoms with Gasteiger partial charge in [-0.3, -0.25) is 0 Å². The standard InChI is InChI=1S/C11H15BrN2/c1-9-3-2-6-14(8-9)10-4-5-11(12)13-7-10/h4-5,7,9H,2-3,6,8H2,1H3/i1D3,2D2,3D2,4D,5D,6D2,7D,8D2,9D. The molecule has 0 saturated carbocycles. The van der Waals surface area contributed by atoms with E-state index >= 15 is 0 Å². The SMILES string of the molecule is [2H]c1nc(Br)c([2H])c([2H])c1N1C([2H])([2H])C([2H])([2H])C([2H])([2H])C([2H])(C([2H])([2H])[2H])C1([2H])[2H]. The van der Waals surface area contributed by atoms with Crippen LogP contribution in [-0.4, -0.2) is 18.0 Å².